The Morgan fingerprint density at radius 1 is 1.21 bits per heavy atom. The summed E-state index contributed by atoms with van der Waals surface area (Å²) in [6.45, 7) is 2.70. The molecule has 0 bridgehead atoms. The van der Waals surface area contributed by atoms with Crippen LogP contribution in [0, 0.1) is 6.92 Å². The Morgan fingerprint density at radius 3 is 2.61 bits per heavy atom. The van der Waals surface area contributed by atoms with Crippen molar-refractivity contribution < 1.29 is 13.2 Å². The zero-order chi connectivity index (χ0) is 20.3. The molecule has 0 atom stereocenters. The lowest BCUT2D eigenvalue weighted by atomic mass is 10.2. The lowest BCUT2D eigenvalue weighted by Gasteiger charge is -2.04. The van der Waals surface area contributed by atoms with E-state index >= 15 is 0 Å². The van der Waals surface area contributed by atoms with Crippen molar-refractivity contribution in [3.63, 3.8) is 0 Å². The molecule has 5 nitrogen and oxygen atoms in total. The van der Waals surface area contributed by atoms with Gasteiger partial charge in [-0.05, 0) is 55.1 Å². The van der Waals surface area contributed by atoms with Crippen LogP contribution in [0.5, 0.6) is 0 Å². The maximum atomic E-state index is 12.5. The number of aryl methyl sites for hydroxylation is 2. The number of rotatable bonds is 6. The highest BCUT2D eigenvalue weighted by Crippen LogP contribution is 2.20. The zero-order valence-electron chi connectivity index (χ0n) is 15.4. The number of hydrogen-bond acceptors (Lipinski definition) is 5. The Hall–Kier alpha value is -1.61. The normalized spacial score (nSPS) is 12.6. The van der Waals surface area contributed by atoms with Gasteiger partial charge in [0.2, 0.25) is 0 Å². The smallest absolute Gasteiger partial charge is 0.263 e. The van der Waals surface area contributed by atoms with Crippen LogP contribution in [-0.4, -0.2) is 36.7 Å². The molecule has 0 saturated carbocycles. The molecule has 0 fully saturated rings. The highest BCUT2D eigenvalue weighted by molar-refractivity contribution is 7.98. The average Bonchev–Trinajstić information content (AvgIpc) is 2.95. The molecule has 0 unspecified atom stereocenters. The van der Waals surface area contributed by atoms with E-state index in [-0.39, 0.29) is 4.90 Å². The van der Waals surface area contributed by atoms with Gasteiger partial charge in [0.05, 0.1) is 15.1 Å². The quantitative estimate of drug-likeness (QED) is 0.566. The molecular formula is C19H19ClN2O3S3. The van der Waals surface area contributed by atoms with E-state index in [2.05, 4.69) is 4.99 Å². The van der Waals surface area contributed by atoms with Crippen LogP contribution in [0.25, 0.3) is 10.2 Å². The first kappa shape index (κ1) is 21.1. The molecule has 0 saturated heterocycles. The molecular weight excluding hydrogens is 436 g/mol. The van der Waals surface area contributed by atoms with Crippen LogP contribution < -0.4 is 4.80 Å². The van der Waals surface area contributed by atoms with E-state index < -0.39 is 21.5 Å². The third kappa shape index (κ3) is 4.86. The van der Waals surface area contributed by atoms with Gasteiger partial charge in [-0.1, -0.05) is 29.0 Å². The molecule has 0 aliphatic heterocycles. The number of hydrogen-bond donors (Lipinski definition) is 0. The Balaban J connectivity index is 1.96. The molecule has 1 aromatic heterocycles. The van der Waals surface area contributed by atoms with Gasteiger partial charge in [0.1, 0.15) is 5.75 Å². The third-order valence-electron chi connectivity index (χ3n) is 4.06. The topological polar surface area (TPSA) is 68.5 Å². The lowest BCUT2D eigenvalue weighted by Crippen LogP contribution is -2.21. The number of sulfone groups is 1. The van der Waals surface area contributed by atoms with Crippen LogP contribution in [0.15, 0.2) is 52.4 Å². The molecule has 1 heterocycles. The van der Waals surface area contributed by atoms with Gasteiger partial charge >= 0.3 is 0 Å². The van der Waals surface area contributed by atoms with E-state index in [1.807, 2.05) is 35.9 Å². The molecule has 148 valence electrons. The number of halogens is 1. The van der Waals surface area contributed by atoms with E-state index in [0.29, 0.717) is 16.4 Å². The van der Waals surface area contributed by atoms with E-state index in [9.17, 15) is 13.2 Å². The molecule has 3 aromatic rings. The Kier molecular flexibility index (Phi) is 6.65. The van der Waals surface area contributed by atoms with Gasteiger partial charge in [0.15, 0.2) is 14.6 Å². The van der Waals surface area contributed by atoms with Crippen LogP contribution in [0.4, 0.5) is 0 Å². The highest BCUT2D eigenvalue weighted by atomic mass is 35.5. The summed E-state index contributed by atoms with van der Waals surface area (Å²) in [7, 11) is -3.77. The maximum Gasteiger partial charge on any atom is 0.263 e. The lowest BCUT2D eigenvalue weighted by molar-refractivity contribution is -0.115. The summed E-state index contributed by atoms with van der Waals surface area (Å²) in [6, 6.07) is 11.8. The Labute approximate surface area is 177 Å². The minimum atomic E-state index is -3.77. The molecule has 1 amide bonds. The molecule has 3 rings (SSSR count). The minimum absolute atomic E-state index is 0.0580. The molecule has 0 radical (unpaired) electrons. The first-order valence-corrected chi connectivity index (χ1v) is 12.7. The largest absolute Gasteiger partial charge is 0.316 e. The molecule has 0 spiro atoms. The van der Waals surface area contributed by atoms with Crippen molar-refractivity contribution in [1.29, 1.82) is 0 Å². The highest BCUT2D eigenvalue weighted by Gasteiger charge is 2.19. The van der Waals surface area contributed by atoms with Crippen molar-refractivity contribution in [3.05, 3.63) is 57.9 Å². The van der Waals surface area contributed by atoms with Crippen molar-refractivity contribution in [2.45, 2.75) is 18.4 Å². The number of benzene rings is 2. The van der Waals surface area contributed by atoms with Gasteiger partial charge in [-0.25, -0.2) is 8.42 Å². The summed E-state index contributed by atoms with van der Waals surface area (Å²) in [5, 5.41) is 0.436. The second kappa shape index (κ2) is 8.82. The fraction of sp³-hybridized carbons (Fsp3) is 0.263. The minimum Gasteiger partial charge on any atom is -0.316 e. The number of carbonyl (C=O) groups is 1. The zero-order valence-corrected chi connectivity index (χ0v) is 18.6. The van der Waals surface area contributed by atoms with Crippen LogP contribution >= 0.6 is 34.7 Å². The summed E-state index contributed by atoms with van der Waals surface area (Å²) in [5.74, 6) is -0.495. The van der Waals surface area contributed by atoms with E-state index in [4.69, 9.17) is 11.6 Å². The number of amides is 1. The summed E-state index contributed by atoms with van der Waals surface area (Å²) >= 11 is 8.89. The van der Waals surface area contributed by atoms with Crippen molar-refractivity contribution in [2.24, 2.45) is 4.99 Å². The molecule has 28 heavy (non-hydrogen) atoms. The SMILES string of the molecule is CSCCn1c(=NC(=O)CS(=O)(=O)c2ccc(Cl)cc2)sc2cc(C)ccc21. The fourth-order valence-electron chi connectivity index (χ4n) is 2.69. The number of thioether (sulfide) groups is 1. The predicted octanol–water partition coefficient (Wildman–Crippen LogP) is 3.93. The summed E-state index contributed by atoms with van der Waals surface area (Å²) < 4.78 is 28.0. The van der Waals surface area contributed by atoms with Crippen LogP contribution in [-0.2, 0) is 21.2 Å². The Morgan fingerprint density at radius 2 is 1.93 bits per heavy atom. The van der Waals surface area contributed by atoms with E-state index in [0.717, 1.165) is 21.5 Å². The second-order valence-corrected chi connectivity index (χ2v) is 10.6. The number of nitrogens with zero attached hydrogens (tertiary/aromatic N) is 2. The average molecular weight is 455 g/mol. The van der Waals surface area contributed by atoms with Crippen molar-refractivity contribution in [1.82, 2.24) is 4.57 Å². The summed E-state index contributed by atoms with van der Waals surface area (Å²) in [5.41, 5.74) is 2.12. The summed E-state index contributed by atoms with van der Waals surface area (Å²) in [4.78, 5) is 17.2. The maximum absolute atomic E-state index is 12.5. The molecule has 0 aliphatic rings. The van der Waals surface area contributed by atoms with Crippen LogP contribution in [0.3, 0.4) is 0 Å². The molecule has 0 N–H and O–H groups in total. The molecule has 9 heteroatoms. The van der Waals surface area contributed by atoms with Gasteiger partial charge in [-0.2, -0.15) is 16.8 Å². The predicted molar refractivity (Wildman–Crippen MR) is 117 cm³/mol. The fourth-order valence-corrected chi connectivity index (χ4v) is 5.46. The van der Waals surface area contributed by atoms with Gasteiger partial charge in [0.25, 0.3) is 5.91 Å². The van der Waals surface area contributed by atoms with Crippen molar-refractivity contribution >= 4 is 60.7 Å². The first-order valence-electron chi connectivity index (χ1n) is 8.45. The van der Waals surface area contributed by atoms with Crippen molar-refractivity contribution in [2.75, 3.05) is 17.8 Å². The Bertz CT molecular complexity index is 1180. The standard InChI is InChI=1S/C19H19ClN2O3S3/c1-13-3-8-16-17(11-13)27-19(22(16)9-10-26-2)21-18(23)12-28(24,25)15-6-4-14(20)5-7-15/h3-8,11H,9-10,12H2,1-2H3. The number of aromatic nitrogens is 1. The second-order valence-electron chi connectivity index (χ2n) is 6.22. The monoisotopic (exact) mass is 454 g/mol. The van der Waals surface area contributed by atoms with Gasteiger partial charge in [-0.15, -0.1) is 0 Å². The van der Waals surface area contributed by atoms with Gasteiger partial charge < -0.3 is 4.57 Å². The molecule has 2 aromatic carbocycles. The number of thiazole rings is 1. The van der Waals surface area contributed by atoms with Crippen LogP contribution in [0.1, 0.15) is 5.56 Å². The van der Waals surface area contributed by atoms with E-state index in [1.54, 1.807) is 11.8 Å². The van der Waals surface area contributed by atoms with Gasteiger partial charge in [0, 0.05) is 17.3 Å². The van der Waals surface area contributed by atoms with E-state index in [1.165, 1.54) is 35.6 Å². The summed E-state index contributed by atoms with van der Waals surface area (Å²) in [6.07, 6.45) is 2.01. The van der Waals surface area contributed by atoms with Crippen LogP contribution in [0.2, 0.25) is 5.02 Å². The number of carbonyl (C=O) groups excluding carboxylic acids is 1. The van der Waals surface area contributed by atoms with Gasteiger partial charge in [-0.3, -0.25) is 4.79 Å². The number of fused-ring (bicyclic) bond motifs is 1. The third-order valence-corrected chi connectivity index (χ3v) is 7.57. The molecule has 0 aliphatic carbocycles. The van der Waals surface area contributed by atoms with Crippen molar-refractivity contribution in [3.8, 4) is 0 Å². The first-order chi connectivity index (χ1) is 13.3.